The molecule has 0 saturated heterocycles. The zero-order valence-electron chi connectivity index (χ0n) is 11.6. The van der Waals surface area contributed by atoms with Gasteiger partial charge in [0.1, 0.15) is 17.2 Å². The number of carboxylic acids is 1. The lowest BCUT2D eigenvalue weighted by Crippen LogP contribution is -2.29. The molecule has 0 saturated carbocycles. The van der Waals surface area contributed by atoms with E-state index in [-0.39, 0.29) is 5.56 Å². The molecule has 106 valence electrons. The van der Waals surface area contributed by atoms with Gasteiger partial charge in [-0.05, 0) is 40.1 Å². The van der Waals surface area contributed by atoms with Crippen molar-refractivity contribution in [3.8, 4) is 0 Å². The number of halogens is 1. The Morgan fingerprint density at radius 1 is 1.42 bits per heavy atom. The first-order chi connectivity index (χ1) is 8.95. The van der Waals surface area contributed by atoms with Gasteiger partial charge in [0.2, 0.25) is 0 Å². The summed E-state index contributed by atoms with van der Waals surface area (Å²) in [6.07, 6.45) is 1.94. The van der Waals surface area contributed by atoms with Crippen molar-refractivity contribution in [3.63, 3.8) is 0 Å². The molecular weight excluding hydrogens is 249 g/mol. The zero-order chi connectivity index (χ0) is 14.4. The topological polar surface area (TPSA) is 56.7 Å². The zero-order valence-corrected chi connectivity index (χ0v) is 11.6. The Balaban J connectivity index is 2.88. The van der Waals surface area contributed by atoms with Crippen LogP contribution in [0.5, 0.6) is 0 Å². The Kier molecular flexibility index (Phi) is 5.69. The maximum Gasteiger partial charge on any atom is 0.339 e. The van der Waals surface area contributed by atoms with Crippen LogP contribution in [0.15, 0.2) is 12.3 Å². The summed E-state index contributed by atoms with van der Waals surface area (Å²) in [5.74, 6) is -1.46. The Hall–Kier alpha value is -1.69. The van der Waals surface area contributed by atoms with E-state index in [2.05, 4.69) is 9.88 Å². The van der Waals surface area contributed by atoms with Gasteiger partial charge in [-0.15, -0.1) is 0 Å². The van der Waals surface area contributed by atoms with Crippen LogP contribution in [0.1, 0.15) is 23.7 Å². The van der Waals surface area contributed by atoms with Crippen LogP contribution < -0.4 is 4.90 Å². The van der Waals surface area contributed by atoms with Gasteiger partial charge in [-0.2, -0.15) is 0 Å². The van der Waals surface area contributed by atoms with Crippen molar-refractivity contribution in [2.24, 2.45) is 0 Å². The summed E-state index contributed by atoms with van der Waals surface area (Å²) in [4.78, 5) is 19.0. The molecule has 0 fully saturated rings. The van der Waals surface area contributed by atoms with Crippen molar-refractivity contribution in [1.29, 1.82) is 0 Å². The molecule has 1 rings (SSSR count). The molecule has 1 aromatic rings. The van der Waals surface area contributed by atoms with E-state index in [1.165, 1.54) is 0 Å². The van der Waals surface area contributed by atoms with Crippen molar-refractivity contribution in [2.45, 2.75) is 13.3 Å². The fourth-order valence-corrected chi connectivity index (χ4v) is 1.83. The van der Waals surface area contributed by atoms with Crippen LogP contribution in [0, 0.1) is 5.82 Å². The van der Waals surface area contributed by atoms with Crippen molar-refractivity contribution < 1.29 is 14.3 Å². The number of carbonyl (C=O) groups is 1. The molecule has 0 unspecified atom stereocenters. The second-order valence-electron chi connectivity index (χ2n) is 4.57. The molecule has 1 heterocycles. The van der Waals surface area contributed by atoms with Gasteiger partial charge in [-0.1, -0.05) is 0 Å². The molecular formula is C13H20FN3O2. The van der Waals surface area contributed by atoms with Crippen LogP contribution in [-0.4, -0.2) is 54.7 Å². The normalized spacial score (nSPS) is 10.8. The molecule has 19 heavy (non-hydrogen) atoms. The van der Waals surface area contributed by atoms with Crippen molar-refractivity contribution in [2.75, 3.05) is 38.6 Å². The highest BCUT2D eigenvalue weighted by molar-refractivity contribution is 5.93. The van der Waals surface area contributed by atoms with Gasteiger partial charge >= 0.3 is 5.97 Å². The molecule has 0 aliphatic carbocycles. The van der Waals surface area contributed by atoms with Crippen LogP contribution in [0.2, 0.25) is 0 Å². The number of aromatic nitrogens is 1. The molecule has 0 spiro atoms. The number of rotatable bonds is 7. The molecule has 0 aromatic carbocycles. The summed E-state index contributed by atoms with van der Waals surface area (Å²) >= 11 is 0. The molecule has 0 aliphatic rings. The van der Waals surface area contributed by atoms with Crippen molar-refractivity contribution >= 4 is 11.8 Å². The first-order valence-corrected chi connectivity index (χ1v) is 6.24. The monoisotopic (exact) mass is 269 g/mol. The van der Waals surface area contributed by atoms with E-state index in [9.17, 15) is 9.18 Å². The molecule has 0 aliphatic heterocycles. The molecule has 0 amide bonds. The minimum absolute atomic E-state index is 0.0910. The van der Waals surface area contributed by atoms with Gasteiger partial charge in [0.05, 0.1) is 6.20 Å². The minimum Gasteiger partial charge on any atom is -0.478 e. The molecule has 1 N–H and O–H groups in total. The summed E-state index contributed by atoms with van der Waals surface area (Å²) in [5.41, 5.74) is -0.0910. The second-order valence-corrected chi connectivity index (χ2v) is 4.57. The summed E-state index contributed by atoms with van der Waals surface area (Å²) < 4.78 is 13.1. The third kappa shape index (κ3) is 4.48. The highest BCUT2D eigenvalue weighted by Crippen LogP contribution is 2.18. The minimum atomic E-state index is -1.16. The van der Waals surface area contributed by atoms with Crippen molar-refractivity contribution in [1.82, 2.24) is 9.88 Å². The number of hydrogen-bond donors (Lipinski definition) is 1. The number of pyridine rings is 1. The standard InChI is InChI=1S/C13H20FN3O2/c1-4-17(7-5-6-16(2)3)12-11(13(18)19)8-10(14)9-15-12/h8-9H,4-7H2,1-3H3,(H,18,19). The van der Waals surface area contributed by atoms with E-state index < -0.39 is 11.8 Å². The molecule has 0 atom stereocenters. The van der Waals surface area contributed by atoms with Gasteiger partial charge in [0, 0.05) is 13.1 Å². The summed E-state index contributed by atoms with van der Waals surface area (Å²) in [7, 11) is 3.96. The smallest absolute Gasteiger partial charge is 0.339 e. The fourth-order valence-electron chi connectivity index (χ4n) is 1.83. The Labute approximate surface area is 112 Å². The summed E-state index contributed by atoms with van der Waals surface area (Å²) in [6, 6.07) is 1.01. The van der Waals surface area contributed by atoms with Crippen molar-refractivity contribution in [3.05, 3.63) is 23.6 Å². The van der Waals surface area contributed by atoms with Crippen LogP contribution >= 0.6 is 0 Å². The maximum atomic E-state index is 13.1. The van der Waals surface area contributed by atoms with Crippen LogP contribution in [0.4, 0.5) is 10.2 Å². The van der Waals surface area contributed by atoms with E-state index >= 15 is 0 Å². The molecule has 0 radical (unpaired) electrons. The summed E-state index contributed by atoms with van der Waals surface area (Å²) in [5, 5.41) is 9.11. The maximum absolute atomic E-state index is 13.1. The number of carboxylic acid groups (broad SMARTS) is 1. The third-order valence-corrected chi connectivity index (χ3v) is 2.78. The molecule has 5 nitrogen and oxygen atoms in total. The van der Waals surface area contributed by atoms with E-state index in [0.717, 1.165) is 25.2 Å². The number of anilines is 1. The fraction of sp³-hybridized carbons (Fsp3) is 0.538. The predicted molar refractivity (Wildman–Crippen MR) is 72.2 cm³/mol. The van der Waals surface area contributed by atoms with E-state index in [1.807, 2.05) is 25.9 Å². The first kappa shape index (κ1) is 15.4. The predicted octanol–water partition coefficient (Wildman–Crippen LogP) is 1.70. The average molecular weight is 269 g/mol. The Morgan fingerprint density at radius 3 is 2.63 bits per heavy atom. The number of hydrogen-bond acceptors (Lipinski definition) is 4. The van der Waals surface area contributed by atoms with Crippen LogP contribution in [0.3, 0.4) is 0 Å². The summed E-state index contributed by atoms with van der Waals surface area (Å²) in [6.45, 7) is 4.15. The number of aromatic carboxylic acids is 1. The first-order valence-electron chi connectivity index (χ1n) is 6.24. The largest absolute Gasteiger partial charge is 0.478 e. The lowest BCUT2D eigenvalue weighted by Gasteiger charge is -2.24. The van der Waals surface area contributed by atoms with Gasteiger partial charge < -0.3 is 14.9 Å². The van der Waals surface area contributed by atoms with Gasteiger partial charge in [-0.3, -0.25) is 0 Å². The lowest BCUT2D eigenvalue weighted by molar-refractivity contribution is 0.0696. The lowest BCUT2D eigenvalue weighted by atomic mass is 10.2. The quantitative estimate of drug-likeness (QED) is 0.816. The molecule has 0 bridgehead atoms. The second kappa shape index (κ2) is 7.04. The third-order valence-electron chi connectivity index (χ3n) is 2.78. The highest BCUT2D eigenvalue weighted by Gasteiger charge is 2.17. The Morgan fingerprint density at radius 2 is 2.11 bits per heavy atom. The van der Waals surface area contributed by atoms with E-state index in [1.54, 1.807) is 0 Å². The van der Waals surface area contributed by atoms with Gasteiger partial charge in [0.25, 0.3) is 0 Å². The van der Waals surface area contributed by atoms with Gasteiger partial charge in [0.15, 0.2) is 0 Å². The van der Waals surface area contributed by atoms with Crippen LogP contribution in [-0.2, 0) is 0 Å². The number of nitrogens with zero attached hydrogens (tertiary/aromatic N) is 3. The van der Waals surface area contributed by atoms with Crippen LogP contribution in [0.25, 0.3) is 0 Å². The molecule has 1 aromatic heterocycles. The average Bonchev–Trinajstić information content (AvgIpc) is 2.34. The van der Waals surface area contributed by atoms with E-state index in [0.29, 0.717) is 18.9 Å². The highest BCUT2D eigenvalue weighted by atomic mass is 19.1. The van der Waals surface area contributed by atoms with Gasteiger partial charge in [-0.25, -0.2) is 14.2 Å². The molecule has 6 heteroatoms. The SMILES string of the molecule is CCN(CCCN(C)C)c1ncc(F)cc1C(=O)O. The Bertz CT molecular complexity index is 438. The van der Waals surface area contributed by atoms with E-state index in [4.69, 9.17) is 5.11 Å².